The fourth-order valence-corrected chi connectivity index (χ4v) is 3.83. The Kier molecular flexibility index (Phi) is 3.01. The van der Waals surface area contributed by atoms with Gasteiger partial charge >= 0.3 is 0 Å². The first-order valence-corrected chi connectivity index (χ1v) is 6.84. The average Bonchev–Trinajstić information content (AvgIpc) is 2.28. The number of nitrogens with one attached hydrogen (secondary N) is 1. The molecule has 17 heavy (non-hydrogen) atoms. The molecule has 0 radical (unpaired) electrons. The van der Waals surface area contributed by atoms with Crippen molar-refractivity contribution in [1.82, 2.24) is 0 Å². The normalized spacial score (nSPS) is 25.8. The van der Waals surface area contributed by atoms with Gasteiger partial charge in [-0.2, -0.15) is 0 Å². The Bertz CT molecular complexity index is 526. The molecule has 2 unspecified atom stereocenters. The van der Waals surface area contributed by atoms with Crippen molar-refractivity contribution >= 4 is 15.5 Å². The van der Waals surface area contributed by atoms with Crippen LogP contribution in [0.1, 0.15) is 6.92 Å². The van der Waals surface area contributed by atoms with Crippen LogP contribution in [0, 0.1) is 0 Å². The van der Waals surface area contributed by atoms with Gasteiger partial charge in [0.05, 0.1) is 24.3 Å². The van der Waals surface area contributed by atoms with Gasteiger partial charge in [0.2, 0.25) is 0 Å². The van der Waals surface area contributed by atoms with Crippen LogP contribution in [0.25, 0.3) is 0 Å². The molecule has 0 amide bonds. The number of ether oxygens (including phenoxy) is 1. The third-order valence-corrected chi connectivity index (χ3v) is 5.34. The molecular formula is C11H15NO4S. The van der Waals surface area contributed by atoms with E-state index in [0.717, 1.165) is 0 Å². The van der Waals surface area contributed by atoms with Crippen LogP contribution in [0.5, 0.6) is 5.75 Å². The van der Waals surface area contributed by atoms with E-state index in [9.17, 15) is 13.5 Å². The van der Waals surface area contributed by atoms with Crippen molar-refractivity contribution in [2.45, 2.75) is 23.1 Å². The molecule has 1 aromatic rings. The summed E-state index contributed by atoms with van der Waals surface area (Å²) in [4.78, 5) is 0.218. The van der Waals surface area contributed by atoms with Crippen LogP contribution in [-0.2, 0) is 9.84 Å². The zero-order chi connectivity index (χ0) is 12.6. The molecule has 1 aromatic carbocycles. The van der Waals surface area contributed by atoms with Gasteiger partial charge < -0.3 is 15.2 Å². The molecule has 0 fully saturated rings. The molecule has 0 aromatic heterocycles. The lowest BCUT2D eigenvalue weighted by molar-refractivity contribution is 0.282. The van der Waals surface area contributed by atoms with E-state index >= 15 is 0 Å². The van der Waals surface area contributed by atoms with Crippen LogP contribution in [0.3, 0.4) is 0 Å². The molecule has 1 aliphatic rings. The molecule has 2 atom stereocenters. The van der Waals surface area contributed by atoms with E-state index in [1.807, 2.05) is 0 Å². The molecule has 0 spiro atoms. The van der Waals surface area contributed by atoms with Gasteiger partial charge in [0, 0.05) is 12.1 Å². The molecule has 94 valence electrons. The van der Waals surface area contributed by atoms with Gasteiger partial charge in [0.1, 0.15) is 11.0 Å². The fraction of sp³-hybridized carbons (Fsp3) is 0.455. The number of hydrogen-bond acceptors (Lipinski definition) is 5. The number of aliphatic hydroxyl groups excluding tert-OH is 1. The molecule has 0 saturated heterocycles. The van der Waals surface area contributed by atoms with Crippen LogP contribution in [0.15, 0.2) is 23.1 Å². The quantitative estimate of drug-likeness (QED) is 0.813. The van der Waals surface area contributed by atoms with Crippen LogP contribution in [0.4, 0.5) is 5.69 Å². The molecule has 1 heterocycles. The Morgan fingerprint density at radius 3 is 2.76 bits per heavy atom. The van der Waals surface area contributed by atoms with Crippen molar-refractivity contribution in [3.8, 4) is 5.75 Å². The highest BCUT2D eigenvalue weighted by molar-refractivity contribution is 7.92. The van der Waals surface area contributed by atoms with Gasteiger partial charge in [-0.1, -0.05) is 0 Å². The number of fused-ring (bicyclic) bond motifs is 1. The van der Waals surface area contributed by atoms with Gasteiger partial charge in [0.15, 0.2) is 9.84 Å². The Morgan fingerprint density at radius 1 is 1.47 bits per heavy atom. The zero-order valence-electron chi connectivity index (χ0n) is 9.67. The molecule has 6 heteroatoms. The second-order valence-corrected chi connectivity index (χ2v) is 6.20. The molecule has 2 rings (SSSR count). The third-order valence-electron chi connectivity index (χ3n) is 3.01. The topological polar surface area (TPSA) is 75.6 Å². The number of benzene rings is 1. The number of sulfone groups is 1. The van der Waals surface area contributed by atoms with Crippen LogP contribution in [-0.4, -0.2) is 38.5 Å². The molecule has 0 aliphatic carbocycles. The Hall–Kier alpha value is -1.27. The first-order valence-electron chi connectivity index (χ1n) is 5.30. The minimum Gasteiger partial charge on any atom is -0.497 e. The fourth-order valence-electron chi connectivity index (χ4n) is 2.02. The van der Waals surface area contributed by atoms with E-state index in [1.54, 1.807) is 19.1 Å². The van der Waals surface area contributed by atoms with E-state index in [-0.39, 0.29) is 17.5 Å². The predicted molar refractivity (Wildman–Crippen MR) is 64.1 cm³/mol. The second-order valence-electron chi connectivity index (χ2n) is 4.06. The Balaban J connectivity index is 2.57. The van der Waals surface area contributed by atoms with Gasteiger partial charge in [-0.25, -0.2) is 8.42 Å². The van der Waals surface area contributed by atoms with Crippen LogP contribution in [0.2, 0.25) is 0 Å². The van der Waals surface area contributed by atoms with Crippen molar-refractivity contribution in [2.75, 3.05) is 19.0 Å². The van der Waals surface area contributed by atoms with Crippen molar-refractivity contribution in [1.29, 1.82) is 0 Å². The molecule has 0 saturated carbocycles. The highest BCUT2D eigenvalue weighted by atomic mass is 32.2. The SMILES string of the molecule is COc1ccc2c(c1)NC(C)C(CO)S2(=O)=O. The summed E-state index contributed by atoms with van der Waals surface area (Å²) in [5.41, 5.74) is 0.529. The maximum absolute atomic E-state index is 12.2. The summed E-state index contributed by atoms with van der Waals surface area (Å²) >= 11 is 0. The zero-order valence-corrected chi connectivity index (χ0v) is 10.5. The summed E-state index contributed by atoms with van der Waals surface area (Å²) in [5.74, 6) is 0.598. The van der Waals surface area contributed by atoms with Crippen molar-refractivity contribution < 1.29 is 18.3 Å². The molecule has 2 N–H and O–H groups in total. The van der Waals surface area contributed by atoms with Gasteiger partial charge in [-0.05, 0) is 19.1 Å². The lowest BCUT2D eigenvalue weighted by atomic mass is 10.2. The monoisotopic (exact) mass is 257 g/mol. The summed E-state index contributed by atoms with van der Waals surface area (Å²) in [6.45, 7) is 1.35. The Labute approximate surface area is 100 Å². The minimum absolute atomic E-state index is 0.218. The average molecular weight is 257 g/mol. The van der Waals surface area contributed by atoms with E-state index in [1.165, 1.54) is 13.2 Å². The van der Waals surface area contributed by atoms with Crippen LogP contribution >= 0.6 is 0 Å². The standard InChI is InChI=1S/C11H15NO4S/c1-7-11(6-13)17(14,15)10-4-3-8(16-2)5-9(10)12-7/h3-5,7,11-13H,6H2,1-2H3. The summed E-state index contributed by atoms with van der Waals surface area (Å²) in [7, 11) is -1.95. The van der Waals surface area contributed by atoms with E-state index in [0.29, 0.717) is 11.4 Å². The largest absolute Gasteiger partial charge is 0.497 e. The second kappa shape index (κ2) is 4.19. The van der Waals surface area contributed by atoms with Crippen molar-refractivity contribution in [2.24, 2.45) is 0 Å². The van der Waals surface area contributed by atoms with Gasteiger partial charge in [-0.15, -0.1) is 0 Å². The highest BCUT2D eigenvalue weighted by Crippen LogP contribution is 2.34. The van der Waals surface area contributed by atoms with Crippen molar-refractivity contribution in [3.63, 3.8) is 0 Å². The predicted octanol–water partition coefficient (Wildman–Crippen LogP) is 0.644. The van der Waals surface area contributed by atoms with Crippen LogP contribution < -0.4 is 10.1 Å². The number of methoxy groups -OCH3 is 1. The molecule has 1 aliphatic heterocycles. The Morgan fingerprint density at radius 2 is 2.18 bits per heavy atom. The van der Waals surface area contributed by atoms with Gasteiger partial charge in [0.25, 0.3) is 0 Å². The molecule has 0 bridgehead atoms. The van der Waals surface area contributed by atoms with E-state index < -0.39 is 15.1 Å². The summed E-state index contributed by atoms with van der Waals surface area (Å²) in [6.07, 6.45) is 0. The number of hydrogen-bond donors (Lipinski definition) is 2. The minimum atomic E-state index is -3.48. The summed E-state index contributed by atoms with van der Waals surface area (Å²) in [6, 6.07) is 4.43. The van der Waals surface area contributed by atoms with Crippen molar-refractivity contribution in [3.05, 3.63) is 18.2 Å². The molecule has 5 nitrogen and oxygen atoms in total. The smallest absolute Gasteiger partial charge is 0.187 e. The first kappa shape index (κ1) is 12.2. The first-order chi connectivity index (χ1) is 8.00. The van der Waals surface area contributed by atoms with E-state index in [2.05, 4.69) is 5.32 Å². The third kappa shape index (κ3) is 1.87. The van der Waals surface area contributed by atoms with E-state index in [4.69, 9.17) is 4.74 Å². The van der Waals surface area contributed by atoms with Gasteiger partial charge in [-0.3, -0.25) is 0 Å². The lowest BCUT2D eigenvalue weighted by Crippen LogP contribution is -2.44. The molecular weight excluding hydrogens is 242 g/mol. The lowest BCUT2D eigenvalue weighted by Gasteiger charge is -2.31. The highest BCUT2D eigenvalue weighted by Gasteiger charge is 2.38. The number of aliphatic hydroxyl groups is 1. The summed E-state index contributed by atoms with van der Waals surface area (Å²) in [5, 5.41) is 11.4. The number of anilines is 1. The number of rotatable bonds is 2. The summed E-state index contributed by atoms with van der Waals surface area (Å²) < 4.78 is 29.5. The maximum Gasteiger partial charge on any atom is 0.187 e. The maximum atomic E-state index is 12.2.